The molecule has 4 rings (SSSR count). The molecule has 2 aromatic carbocycles. The zero-order chi connectivity index (χ0) is 27.2. The van der Waals surface area contributed by atoms with Crippen molar-refractivity contribution in [3.05, 3.63) is 76.2 Å². The molecule has 0 amide bonds. The van der Waals surface area contributed by atoms with E-state index < -0.39 is 10.9 Å². The normalized spacial score (nSPS) is 11.8. The van der Waals surface area contributed by atoms with E-state index in [9.17, 15) is 9.90 Å². The SMILES string of the molecule is COc1cc(OCCC[S+](C)c2c(O)c3cccnc3n(Cc3ccccc3C)c2=O)cc(OC)c1OC. The molecule has 0 aliphatic rings. The lowest BCUT2D eigenvalue weighted by molar-refractivity contribution is 0.299. The van der Waals surface area contributed by atoms with Crippen LogP contribution >= 0.6 is 0 Å². The second-order valence-corrected chi connectivity index (χ2v) is 10.9. The fraction of sp³-hybridized carbons (Fsp3) is 0.310. The first kappa shape index (κ1) is 27.2. The van der Waals surface area contributed by atoms with Gasteiger partial charge in [0.05, 0.1) is 39.9 Å². The summed E-state index contributed by atoms with van der Waals surface area (Å²) >= 11 is 0. The summed E-state index contributed by atoms with van der Waals surface area (Å²) < 4.78 is 23.8. The Labute approximate surface area is 225 Å². The van der Waals surface area contributed by atoms with Crippen LogP contribution in [0.1, 0.15) is 17.5 Å². The third-order valence-corrected chi connectivity index (χ3v) is 8.36. The molecule has 9 heteroatoms. The zero-order valence-electron chi connectivity index (χ0n) is 22.3. The minimum atomic E-state index is -0.522. The molecule has 1 unspecified atom stereocenters. The summed E-state index contributed by atoms with van der Waals surface area (Å²) in [5.74, 6) is 2.80. The standard InChI is InChI=1S/C29H32N2O6S/c1-19-10-6-7-11-20(19)18-31-28-22(12-8-13-30-28)25(32)27(29(31)33)38(5)15-9-14-37-21-16-23(34-2)26(36-4)24(17-21)35-3/h6-8,10-13,16-17H,9,14-15,18H2,1-5H3/p+1. The molecule has 0 aliphatic heterocycles. The minimum absolute atomic E-state index is 0.00973. The van der Waals surface area contributed by atoms with Crippen molar-refractivity contribution in [3.8, 4) is 28.7 Å². The Hall–Kier alpha value is -3.85. The van der Waals surface area contributed by atoms with Crippen molar-refractivity contribution in [2.75, 3.05) is 39.9 Å². The van der Waals surface area contributed by atoms with Crippen LogP contribution in [0.3, 0.4) is 0 Å². The maximum atomic E-state index is 13.7. The highest BCUT2D eigenvalue weighted by Crippen LogP contribution is 2.40. The Morgan fingerprint density at radius 2 is 1.71 bits per heavy atom. The van der Waals surface area contributed by atoms with Crippen LogP contribution in [-0.2, 0) is 17.4 Å². The molecule has 0 aliphatic carbocycles. The Morgan fingerprint density at radius 3 is 2.37 bits per heavy atom. The summed E-state index contributed by atoms with van der Waals surface area (Å²) in [6, 6.07) is 15.0. The van der Waals surface area contributed by atoms with E-state index >= 15 is 0 Å². The maximum absolute atomic E-state index is 13.7. The fourth-order valence-electron chi connectivity index (χ4n) is 4.37. The van der Waals surface area contributed by atoms with Crippen molar-refractivity contribution in [1.82, 2.24) is 9.55 Å². The Kier molecular flexibility index (Phi) is 8.68. The predicted molar refractivity (Wildman–Crippen MR) is 151 cm³/mol. The van der Waals surface area contributed by atoms with Gasteiger partial charge in [0.2, 0.25) is 5.75 Å². The lowest BCUT2D eigenvalue weighted by atomic mass is 10.1. The number of ether oxygens (including phenoxy) is 4. The highest BCUT2D eigenvalue weighted by molar-refractivity contribution is 7.96. The van der Waals surface area contributed by atoms with E-state index in [1.807, 2.05) is 37.4 Å². The molecule has 0 radical (unpaired) electrons. The molecular formula is C29H33N2O6S+. The summed E-state index contributed by atoms with van der Waals surface area (Å²) in [4.78, 5) is 18.6. The molecule has 2 heterocycles. The number of fused-ring (bicyclic) bond motifs is 1. The van der Waals surface area contributed by atoms with Crippen LogP contribution in [0.2, 0.25) is 0 Å². The van der Waals surface area contributed by atoms with Crippen LogP contribution in [0.4, 0.5) is 0 Å². The third-order valence-electron chi connectivity index (χ3n) is 6.39. The number of hydrogen-bond donors (Lipinski definition) is 1. The quantitative estimate of drug-likeness (QED) is 0.222. The van der Waals surface area contributed by atoms with Gasteiger partial charge in [-0.3, -0.25) is 9.36 Å². The molecule has 0 saturated heterocycles. The first-order valence-corrected chi connectivity index (χ1v) is 14.0. The molecule has 0 bridgehead atoms. The van der Waals surface area contributed by atoms with Gasteiger partial charge in [-0.15, -0.1) is 0 Å². The summed E-state index contributed by atoms with van der Waals surface area (Å²) in [6.45, 7) is 2.83. The van der Waals surface area contributed by atoms with Crippen molar-refractivity contribution in [2.45, 2.75) is 24.8 Å². The molecule has 0 saturated carbocycles. The van der Waals surface area contributed by atoms with Gasteiger partial charge in [0.15, 0.2) is 17.2 Å². The summed E-state index contributed by atoms with van der Waals surface area (Å²) in [7, 11) is 4.14. The van der Waals surface area contributed by atoms with Gasteiger partial charge in [-0.2, -0.15) is 0 Å². The number of rotatable bonds is 11. The van der Waals surface area contributed by atoms with Crippen LogP contribution < -0.4 is 24.5 Å². The average molecular weight is 538 g/mol. The molecule has 1 atom stereocenters. The number of aromatic nitrogens is 2. The number of methoxy groups -OCH3 is 3. The van der Waals surface area contributed by atoms with Crippen molar-refractivity contribution in [3.63, 3.8) is 0 Å². The molecule has 4 aromatic rings. The largest absolute Gasteiger partial charge is 0.503 e. The van der Waals surface area contributed by atoms with Crippen LogP contribution in [-0.4, -0.2) is 54.6 Å². The van der Waals surface area contributed by atoms with E-state index in [0.29, 0.717) is 64.3 Å². The van der Waals surface area contributed by atoms with Gasteiger partial charge < -0.3 is 24.1 Å². The number of benzene rings is 2. The first-order valence-electron chi connectivity index (χ1n) is 12.2. The lowest BCUT2D eigenvalue weighted by Crippen LogP contribution is -2.28. The van der Waals surface area contributed by atoms with Crippen molar-refractivity contribution >= 4 is 21.9 Å². The van der Waals surface area contributed by atoms with Crippen molar-refractivity contribution in [2.24, 2.45) is 0 Å². The van der Waals surface area contributed by atoms with Crippen LogP contribution in [0, 0.1) is 6.92 Å². The number of hydrogen-bond acceptors (Lipinski definition) is 7. The average Bonchev–Trinajstić information content (AvgIpc) is 2.93. The van der Waals surface area contributed by atoms with Gasteiger partial charge in [-0.05, 0) is 30.2 Å². The van der Waals surface area contributed by atoms with Gasteiger partial charge in [0.1, 0.15) is 23.4 Å². The fourth-order valence-corrected chi connectivity index (χ4v) is 5.97. The van der Waals surface area contributed by atoms with Gasteiger partial charge in [-0.1, -0.05) is 24.3 Å². The van der Waals surface area contributed by atoms with E-state index in [2.05, 4.69) is 4.98 Å². The number of nitrogens with zero attached hydrogens (tertiary/aromatic N) is 2. The smallest absolute Gasteiger partial charge is 0.311 e. The third kappa shape index (κ3) is 5.52. The van der Waals surface area contributed by atoms with E-state index in [1.165, 1.54) is 0 Å². The summed E-state index contributed by atoms with van der Waals surface area (Å²) in [5, 5.41) is 11.7. The van der Waals surface area contributed by atoms with E-state index in [4.69, 9.17) is 18.9 Å². The molecular weight excluding hydrogens is 504 g/mol. The number of pyridine rings is 2. The van der Waals surface area contributed by atoms with Crippen LogP contribution in [0.25, 0.3) is 11.0 Å². The summed E-state index contributed by atoms with van der Waals surface area (Å²) in [5.41, 5.74) is 2.39. The first-order chi connectivity index (χ1) is 18.4. The van der Waals surface area contributed by atoms with Gasteiger partial charge in [-0.25, -0.2) is 4.98 Å². The van der Waals surface area contributed by atoms with E-state index in [0.717, 1.165) is 11.1 Å². The van der Waals surface area contributed by atoms with Gasteiger partial charge in [0.25, 0.3) is 4.90 Å². The topological polar surface area (TPSA) is 92.0 Å². The van der Waals surface area contributed by atoms with Gasteiger partial charge in [0, 0.05) is 35.6 Å². The Morgan fingerprint density at radius 1 is 1.00 bits per heavy atom. The Balaban J connectivity index is 1.55. The number of aryl methyl sites for hydroxylation is 1. The van der Waals surface area contributed by atoms with E-state index in [-0.39, 0.29) is 11.3 Å². The highest BCUT2D eigenvalue weighted by Gasteiger charge is 2.29. The Bertz CT molecular complexity index is 1460. The van der Waals surface area contributed by atoms with Crippen LogP contribution in [0.5, 0.6) is 28.7 Å². The van der Waals surface area contributed by atoms with Crippen molar-refractivity contribution < 1.29 is 24.1 Å². The lowest BCUT2D eigenvalue weighted by Gasteiger charge is -2.15. The molecule has 38 heavy (non-hydrogen) atoms. The molecule has 2 aromatic heterocycles. The van der Waals surface area contributed by atoms with Crippen LogP contribution in [0.15, 0.2) is 64.4 Å². The molecule has 8 nitrogen and oxygen atoms in total. The highest BCUT2D eigenvalue weighted by atomic mass is 32.2. The zero-order valence-corrected chi connectivity index (χ0v) is 23.1. The monoisotopic (exact) mass is 537 g/mol. The number of aromatic hydroxyl groups is 1. The molecule has 0 spiro atoms. The molecule has 200 valence electrons. The molecule has 0 fully saturated rings. The predicted octanol–water partition coefficient (Wildman–Crippen LogP) is 4.56. The second-order valence-electron chi connectivity index (χ2n) is 8.77. The molecule has 1 N–H and O–H groups in total. The second kappa shape index (κ2) is 12.1. The maximum Gasteiger partial charge on any atom is 0.311 e. The minimum Gasteiger partial charge on any atom is -0.503 e. The van der Waals surface area contributed by atoms with Gasteiger partial charge >= 0.3 is 5.56 Å². The summed E-state index contributed by atoms with van der Waals surface area (Å²) in [6.07, 6.45) is 4.30. The van der Waals surface area contributed by atoms with Crippen molar-refractivity contribution in [1.29, 1.82) is 0 Å². The van der Waals surface area contributed by atoms with E-state index in [1.54, 1.807) is 56.4 Å².